The van der Waals surface area contributed by atoms with Gasteiger partial charge in [-0.1, -0.05) is 64.4 Å². The molecule has 6 N–H and O–H groups in total. The Morgan fingerprint density at radius 1 is 0.512 bits per heavy atom. The summed E-state index contributed by atoms with van der Waals surface area (Å²) in [6.07, 6.45) is 14.5. The van der Waals surface area contributed by atoms with Crippen LogP contribution in [-0.4, -0.2) is 144 Å². The summed E-state index contributed by atoms with van der Waals surface area (Å²) in [4.78, 5) is 89.3. The zero-order valence-electron chi connectivity index (χ0n) is 48.5. The van der Waals surface area contributed by atoms with Crippen molar-refractivity contribution < 1.29 is 61.2 Å². The number of aromatic carboxylic acids is 2. The molecule has 27 heteroatoms. The Morgan fingerprint density at radius 2 is 0.845 bits per heavy atom. The van der Waals surface area contributed by atoms with Gasteiger partial charge < -0.3 is 50.8 Å². The van der Waals surface area contributed by atoms with E-state index in [0.29, 0.717) is 78.0 Å². The van der Waals surface area contributed by atoms with Crippen LogP contribution in [0.4, 0.5) is 17.5 Å². The summed E-state index contributed by atoms with van der Waals surface area (Å²) >= 11 is 34.0. The van der Waals surface area contributed by atoms with Crippen molar-refractivity contribution in [2.75, 3.05) is 54.8 Å². The molecule has 2 aliphatic heterocycles. The van der Waals surface area contributed by atoms with Gasteiger partial charge in [0.15, 0.2) is 0 Å². The predicted molar refractivity (Wildman–Crippen MR) is 335 cm³/mol. The number of carbonyl (C=O) groups is 6. The number of piperidine rings is 1. The van der Waals surface area contributed by atoms with Crippen molar-refractivity contribution in [3.63, 3.8) is 0 Å². The molecule has 0 bridgehead atoms. The first-order valence-electron chi connectivity index (χ1n) is 27.4. The monoisotopic (exact) mass is 1430 g/mol. The van der Waals surface area contributed by atoms with E-state index in [2.05, 4.69) is 43.3 Å². The number of amides is 2. The molecule has 0 atom stereocenters. The fourth-order valence-electron chi connectivity index (χ4n) is 7.83. The van der Waals surface area contributed by atoms with Crippen LogP contribution in [0.15, 0.2) is 48.5 Å². The first-order chi connectivity index (χ1) is 39.4. The van der Waals surface area contributed by atoms with E-state index in [-0.39, 0.29) is 49.5 Å². The van der Waals surface area contributed by atoms with Crippen molar-refractivity contribution in [1.29, 1.82) is 0 Å². The molecule has 6 heterocycles. The zero-order chi connectivity index (χ0) is 62.9. The van der Waals surface area contributed by atoms with Crippen LogP contribution in [0.3, 0.4) is 0 Å². The minimum absolute atomic E-state index is 0.0370. The number of nitrogens with zero attached hydrogens (tertiary/aromatic N) is 7. The average Bonchev–Trinajstić information content (AvgIpc) is 3.59. The second kappa shape index (κ2) is 36.6. The molecular formula is C57H77Cl5CuIN10O10. The van der Waals surface area contributed by atoms with Crippen molar-refractivity contribution in [2.24, 2.45) is 5.73 Å². The molecule has 84 heavy (non-hydrogen) atoms. The molecule has 0 unspecified atom stereocenters. The summed E-state index contributed by atoms with van der Waals surface area (Å²) in [5.41, 5.74) is 5.32. The number of anilines is 3. The zero-order valence-corrected chi connectivity index (χ0v) is 55.4. The number of rotatable bonds is 9. The van der Waals surface area contributed by atoms with Crippen LogP contribution in [0, 0.1) is 0 Å². The van der Waals surface area contributed by atoms with Gasteiger partial charge in [0.05, 0.1) is 22.3 Å². The Morgan fingerprint density at radius 3 is 1.18 bits per heavy atom. The number of nitrogens with one attached hydrogen (secondary N) is 2. The number of carboxylic acids is 2. The molecule has 0 radical (unpaired) electrons. The number of pyridine rings is 4. The molecule has 0 aromatic carbocycles. The van der Waals surface area contributed by atoms with Crippen molar-refractivity contribution in [2.45, 2.75) is 162 Å². The standard InChI is InChI=1S/C16H22N4O3.C14H19ClN2O2.C10H11Cl2NO2.C7H13NO.C6H3Cl2NO2.C4H9N.Cu.HI/c1-11(21)19-5-7-20(8-6-19)15-10-12(16(22)23)9-14(18-15)17-13-3-2-4-13;1-14(2,3)19-13(18)9-7-11(15)17-12(8-9)16-10-5-4-6-10;1-10(2,3)15-9(14)6-4-7(11)13-8(12)5-6;1-7(9)8-5-3-2-4-6-8;7-4-1-3(6(10)11)2-5(8)9-4;5-4-2-1-3-4;;/h9-10,13H,2-8H2,1H3,(H,17,18)(H,22,23);7-8,10H,4-6H2,1-3H3,(H,16,17);4-5H,1-3H3;2-6H2,1H3;1-2H,(H,10,11);4H,1-3,5H2;;1H/q;;;;;;+1;/p-1. The maximum absolute atomic E-state index is 12.0. The van der Waals surface area contributed by atoms with Gasteiger partial charge in [-0.05, 0) is 161 Å². The minimum atomic E-state index is -1.07. The second-order valence-corrected chi connectivity index (χ2v) is 24.0. The second-order valence-electron chi connectivity index (χ2n) is 22.1. The van der Waals surface area contributed by atoms with Gasteiger partial charge in [0, 0.05) is 71.2 Å². The van der Waals surface area contributed by atoms with E-state index in [1.807, 2.05) is 30.6 Å². The SMILES string of the molecule is CC(=O)N1CCCCC1.CC(=O)N1CCN(c2cc(C(=O)O)cc(NC3CCC3)n2)CC1.CC(C)(C)OC(=O)c1cc(Cl)nc(Cl)c1.CC(C)(C)OC(=O)c1cc(Cl)nc(NC2CCC2)c1.NC1CCC1.O=C(O)c1cc(Cl)nc(Cl)c1.[Cu][I]. The molecule has 3 aliphatic carbocycles. The van der Waals surface area contributed by atoms with Gasteiger partial charge >= 0.3 is 57.0 Å². The van der Waals surface area contributed by atoms with Gasteiger partial charge in [0.25, 0.3) is 0 Å². The molecule has 4 aromatic heterocycles. The first-order valence-corrected chi connectivity index (χ1v) is 32.3. The Labute approximate surface area is 537 Å². The summed E-state index contributed by atoms with van der Waals surface area (Å²) < 4.78 is 10.5. The quantitative estimate of drug-likeness (QED) is 0.0451. The normalized spacial score (nSPS) is 15.7. The topological polar surface area (TPSA) is 273 Å². The summed E-state index contributed by atoms with van der Waals surface area (Å²) in [7, 11) is 0. The molecular weight excluding hydrogens is 1350 g/mol. The van der Waals surface area contributed by atoms with Gasteiger partial charge in [0.1, 0.15) is 54.4 Å². The molecule has 0 spiro atoms. The van der Waals surface area contributed by atoms with Crippen LogP contribution in [0.5, 0.6) is 0 Å². The van der Waals surface area contributed by atoms with Crippen molar-refractivity contribution in [1.82, 2.24) is 29.7 Å². The summed E-state index contributed by atoms with van der Waals surface area (Å²) in [6, 6.07) is 13.1. The fourth-order valence-corrected chi connectivity index (χ4v) is 8.96. The molecule has 2 saturated heterocycles. The number of carboxylic acid groups (broad SMARTS) is 2. The van der Waals surface area contributed by atoms with E-state index in [1.165, 1.54) is 81.7 Å². The van der Waals surface area contributed by atoms with E-state index >= 15 is 0 Å². The third-order valence-electron chi connectivity index (χ3n) is 12.8. The number of hydrogen-bond acceptors (Lipinski definition) is 16. The number of hydrogen-bond donors (Lipinski definition) is 5. The van der Waals surface area contributed by atoms with Gasteiger partial charge in [-0.3, -0.25) is 9.59 Å². The van der Waals surface area contributed by atoms with Crippen LogP contribution >= 0.6 is 78.3 Å². The van der Waals surface area contributed by atoms with E-state index in [4.69, 9.17) is 78.3 Å². The number of likely N-dealkylation sites (tertiary alicyclic amines) is 1. The molecule has 3 saturated carbocycles. The predicted octanol–water partition coefficient (Wildman–Crippen LogP) is 12.9. The Balaban J connectivity index is 0.000000275. The van der Waals surface area contributed by atoms with E-state index in [0.717, 1.165) is 38.8 Å². The van der Waals surface area contributed by atoms with Crippen molar-refractivity contribution in [3.8, 4) is 0 Å². The Hall–Kier alpha value is -4.52. The van der Waals surface area contributed by atoms with E-state index in [9.17, 15) is 33.9 Å². The molecule has 4 aromatic rings. The van der Waals surface area contributed by atoms with Crippen LogP contribution in [0.1, 0.15) is 174 Å². The van der Waals surface area contributed by atoms with Gasteiger partial charge in [0.2, 0.25) is 11.8 Å². The maximum atomic E-state index is 12.0. The van der Waals surface area contributed by atoms with Gasteiger partial charge in [-0.25, -0.2) is 39.1 Å². The number of carbonyl (C=O) groups excluding carboxylic acids is 4. The van der Waals surface area contributed by atoms with Crippen LogP contribution < -0.4 is 21.3 Å². The van der Waals surface area contributed by atoms with Crippen molar-refractivity contribution in [3.05, 3.63) is 96.6 Å². The number of nitrogens with two attached hydrogens (primary N) is 1. The van der Waals surface area contributed by atoms with Crippen LogP contribution in [0.25, 0.3) is 0 Å². The molecule has 20 nitrogen and oxygen atoms in total. The number of aromatic nitrogens is 4. The molecule has 9 rings (SSSR count). The van der Waals surface area contributed by atoms with E-state index in [1.54, 1.807) is 78.1 Å². The number of esters is 2. The van der Waals surface area contributed by atoms with Crippen LogP contribution in [0.2, 0.25) is 25.8 Å². The van der Waals surface area contributed by atoms with E-state index < -0.39 is 29.1 Å². The first kappa shape index (κ1) is 73.7. The molecule has 5 aliphatic rings. The van der Waals surface area contributed by atoms with Crippen LogP contribution in [-0.2, 0) is 31.8 Å². The average molecular weight is 1430 g/mol. The molecule has 5 fully saturated rings. The number of piperazine rings is 1. The number of halogens is 6. The molecule has 468 valence electrons. The Bertz CT molecular complexity index is 2770. The number of ether oxygens (including phenoxy) is 2. The van der Waals surface area contributed by atoms with Gasteiger partial charge in [-0.15, -0.1) is 0 Å². The van der Waals surface area contributed by atoms with Gasteiger partial charge in [-0.2, -0.15) is 0 Å². The summed E-state index contributed by atoms with van der Waals surface area (Å²) in [5, 5.41) is 25.2. The fraction of sp³-hybridized carbons (Fsp3) is 0.544. The van der Waals surface area contributed by atoms with Crippen molar-refractivity contribution >= 4 is 131 Å². The molecule has 2 amide bonds. The summed E-state index contributed by atoms with van der Waals surface area (Å²) in [6.45, 7) is 18.6. The summed E-state index contributed by atoms with van der Waals surface area (Å²) in [5.74, 6) is -0.642. The third kappa shape index (κ3) is 28.8. The third-order valence-corrected chi connectivity index (χ3v) is 13.8. The Kier molecular flexibility index (Phi) is 32.1.